The van der Waals surface area contributed by atoms with E-state index in [9.17, 15) is 5.21 Å². The number of hydroxylamine groups is 2. The summed E-state index contributed by atoms with van der Waals surface area (Å²) in [5.41, 5.74) is -0.600. The highest BCUT2D eigenvalue weighted by atomic mass is 32.3. The van der Waals surface area contributed by atoms with E-state index in [0.29, 0.717) is 11.8 Å². The molecular formula is C20H20NOS10. The Bertz CT molecular complexity index is 967. The molecule has 0 unspecified atom stereocenters. The lowest BCUT2D eigenvalue weighted by atomic mass is 9.79. The van der Waals surface area contributed by atoms with Gasteiger partial charge in [0.25, 0.3) is 0 Å². The highest BCUT2D eigenvalue weighted by Crippen LogP contribution is 2.72. The van der Waals surface area contributed by atoms with Gasteiger partial charge in [0.2, 0.25) is 0 Å². The van der Waals surface area contributed by atoms with Crippen LogP contribution in [0.3, 0.4) is 0 Å². The van der Waals surface area contributed by atoms with Crippen LogP contribution in [0.4, 0.5) is 0 Å². The minimum absolute atomic E-state index is 0.300. The zero-order chi connectivity index (χ0) is 22.3. The van der Waals surface area contributed by atoms with E-state index < -0.39 is 0 Å². The summed E-state index contributed by atoms with van der Waals surface area (Å²) in [6.07, 6.45) is 0. The standard InChI is InChI=1S/C20H20NOS10/c1-19(2)9-7-25-12-13(26-8-10(9)20(3,4)21(19)22)28-15(27-12)16-31-17-18(32-16)30-14(29-17)11-23-5-6-24-11/h5-6,9-10H,7-8H2,1-4H3/t9-,10-/m0/s1. The molecule has 6 heterocycles. The maximum atomic E-state index is 13.1. The fraction of sp³-hybridized carbons (Fsp3) is 0.500. The fourth-order valence-corrected chi connectivity index (χ4v) is 20.2. The smallest absolute Gasteiger partial charge is 0.0718 e. The number of hydrogen-bond acceptors (Lipinski definition) is 11. The molecule has 12 heteroatoms. The van der Waals surface area contributed by atoms with E-state index in [-0.39, 0.29) is 11.1 Å². The Balaban J connectivity index is 1.16. The van der Waals surface area contributed by atoms with Crippen LogP contribution in [0, 0.1) is 11.8 Å². The van der Waals surface area contributed by atoms with Gasteiger partial charge in [-0.2, -0.15) is 0 Å². The van der Waals surface area contributed by atoms with E-state index in [1.165, 1.54) is 39.0 Å². The Labute approximate surface area is 232 Å². The van der Waals surface area contributed by atoms with Gasteiger partial charge in [-0.3, -0.25) is 0 Å². The van der Waals surface area contributed by atoms with Crippen LogP contribution in [-0.2, 0) is 5.21 Å². The molecule has 0 aromatic heterocycles. The Kier molecular flexibility index (Phi) is 6.99. The SMILES string of the molecule is CC1(C)[C@H]2CSC3=C(SC[C@@H]2C(C)(C)N1[O])SC(=C1SC2=C(SC(=C4SC=CS4)S2)S1)S3. The van der Waals surface area contributed by atoms with Gasteiger partial charge >= 0.3 is 0 Å². The van der Waals surface area contributed by atoms with Gasteiger partial charge < -0.3 is 0 Å². The number of rotatable bonds is 0. The van der Waals surface area contributed by atoms with Crippen molar-refractivity contribution in [2.75, 3.05) is 11.5 Å². The molecular weight excluding hydrogens is 591 g/mol. The topological polar surface area (TPSA) is 23.1 Å². The molecule has 1 fully saturated rings. The Morgan fingerprint density at radius 2 is 0.969 bits per heavy atom. The molecule has 0 aliphatic carbocycles. The van der Waals surface area contributed by atoms with Crippen LogP contribution in [-0.4, -0.2) is 27.6 Å². The van der Waals surface area contributed by atoms with Gasteiger partial charge in [0, 0.05) is 22.6 Å². The van der Waals surface area contributed by atoms with E-state index in [1.807, 2.05) is 118 Å². The van der Waals surface area contributed by atoms with E-state index in [1.54, 1.807) is 0 Å². The molecule has 6 aliphatic rings. The molecule has 1 saturated heterocycles. The first-order valence-electron chi connectivity index (χ1n) is 10.0. The largest absolute Gasteiger partial charge is 0.143 e. The first-order chi connectivity index (χ1) is 15.2. The van der Waals surface area contributed by atoms with Gasteiger partial charge in [0.15, 0.2) is 0 Å². The summed E-state index contributed by atoms with van der Waals surface area (Å²) < 4.78 is 11.6. The number of fused-ring (bicyclic) bond motifs is 1. The van der Waals surface area contributed by atoms with Crippen molar-refractivity contribution in [2.45, 2.75) is 38.8 Å². The highest BCUT2D eigenvalue weighted by molar-refractivity contribution is 8.50. The maximum Gasteiger partial charge on any atom is 0.0718 e. The summed E-state index contributed by atoms with van der Waals surface area (Å²) in [4.78, 5) is 0. The van der Waals surface area contributed by atoms with Gasteiger partial charge in [0.1, 0.15) is 0 Å². The molecule has 0 aromatic carbocycles. The van der Waals surface area contributed by atoms with E-state index >= 15 is 0 Å². The third kappa shape index (κ3) is 4.10. The van der Waals surface area contributed by atoms with Gasteiger partial charge in [0.05, 0.1) is 33.9 Å². The summed E-state index contributed by atoms with van der Waals surface area (Å²) in [5.74, 6) is 2.92. The third-order valence-electron chi connectivity index (χ3n) is 6.32. The molecule has 171 valence electrons. The van der Waals surface area contributed by atoms with Crippen LogP contribution in [0.2, 0.25) is 0 Å². The molecule has 0 saturated carbocycles. The molecule has 6 rings (SSSR count). The van der Waals surface area contributed by atoms with Crippen molar-refractivity contribution in [1.82, 2.24) is 5.06 Å². The second kappa shape index (κ2) is 9.15. The molecule has 6 aliphatic heterocycles. The van der Waals surface area contributed by atoms with Gasteiger partial charge in [-0.05, 0) is 50.3 Å². The molecule has 0 N–H and O–H groups in total. The van der Waals surface area contributed by atoms with Crippen molar-refractivity contribution in [2.24, 2.45) is 11.8 Å². The lowest BCUT2D eigenvalue weighted by Crippen LogP contribution is -2.47. The van der Waals surface area contributed by atoms with Crippen molar-refractivity contribution in [3.8, 4) is 0 Å². The number of hydrogen-bond donors (Lipinski definition) is 0. The quantitative estimate of drug-likeness (QED) is 0.262. The van der Waals surface area contributed by atoms with Crippen molar-refractivity contribution < 1.29 is 5.21 Å². The van der Waals surface area contributed by atoms with E-state index in [0.717, 1.165) is 11.5 Å². The summed E-state index contributed by atoms with van der Waals surface area (Å²) in [7, 11) is 0. The number of nitrogens with zero attached hydrogens (tertiary/aromatic N) is 1. The zero-order valence-corrected chi connectivity index (χ0v) is 25.8. The Morgan fingerprint density at radius 3 is 1.38 bits per heavy atom. The summed E-state index contributed by atoms with van der Waals surface area (Å²) in [6, 6.07) is 0. The average molecular weight is 611 g/mol. The van der Waals surface area contributed by atoms with Crippen LogP contribution >= 0.6 is 118 Å². The number of thioether (sulfide) groups is 10. The van der Waals surface area contributed by atoms with Crippen LogP contribution in [0.15, 0.2) is 44.7 Å². The zero-order valence-electron chi connectivity index (χ0n) is 17.7. The average Bonchev–Trinajstić information content (AvgIpc) is 3.50. The Hall–Kier alpha value is 2.12. The monoisotopic (exact) mass is 610 g/mol. The van der Waals surface area contributed by atoms with Crippen molar-refractivity contribution in [1.29, 1.82) is 0 Å². The molecule has 0 amide bonds. The fourth-order valence-electron chi connectivity index (χ4n) is 4.59. The highest BCUT2D eigenvalue weighted by Gasteiger charge is 2.59. The van der Waals surface area contributed by atoms with Gasteiger partial charge in [-0.15, -0.1) is 33.8 Å². The Morgan fingerprint density at radius 1 is 0.625 bits per heavy atom. The van der Waals surface area contributed by atoms with Crippen LogP contribution < -0.4 is 0 Å². The second-order valence-corrected chi connectivity index (χ2v) is 20.9. The molecule has 0 aromatic rings. The van der Waals surface area contributed by atoms with Crippen molar-refractivity contribution in [3.05, 3.63) is 44.7 Å². The summed E-state index contributed by atoms with van der Waals surface area (Å²) in [5, 5.41) is 18.8. The minimum atomic E-state index is -0.300. The second-order valence-electron chi connectivity index (χ2n) is 8.86. The molecule has 0 spiro atoms. The molecule has 0 bridgehead atoms. The lowest BCUT2D eigenvalue weighted by Gasteiger charge is -2.33. The third-order valence-corrected chi connectivity index (χ3v) is 20.9. The van der Waals surface area contributed by atoms with Gasteiger partial charge in [-0.1, -0.05) is 94.1 Å². The minimum Gasteiger partial charge on any atom is -0.143 e. The maximum absolute atomic E-state index is 13.1. The van der Waals surface area contributed by atoms with Crippen LogP contribution in [0.1, 0.15) is 27.7 Å². The summed E-state index contributed by atoms with van der Waals surface area (Å²) >= 11 is 19.5. The summed E-state index contributed by atoms with van der Waals surface area (Å²) in [6.45, 7) is 8.59. The lowest BCUT2D eigenvalue weighted by molar-refractivity contribution is -0.250. The van der Waals surface area contributed by atoms with Crippen molar-refractivity contribution >= 4 is 118 Å². The van der Waals surface area contributed by atoms with Crippen LogP contribution in [0.5, 0.6) is 0 Å². The molecule has 1 radical (unpaired) electrons. The normalized spacial score (nSPS) is 33.9. The first-order valence-corrected chi connectivity index (χ1v) is 18.6. The molecule has 2 nitrogen and oxygen atoms in total. The van der Waals surface area contributed by atoms with E-state index in [4.69, 9.17) is 0 Å². The predicted molar refractivity (Wildman–Crippen MR) is 161 cm³/mol. The first kappa shape index (κ1) is 24.5. The van der Waals surface area contributed by atoms with Crippen molar-refractivity contribution in [3.63, 3.8) is 0 Å². The predicted octanol–water partition coefficient (Wildman–Crippen LogP) is 9.81. The molecule has 32 heavy (non-hydrogen) atoms. The molecule has 2 atom stereocenters. The van der Waals surface area contributed by atoms with Crippen LogP contribution in [0.25, 0.3) is 0 Å². The van der Waals surface area contributed by atoms with Gasteiger partial charge in [-0.25, -0.2) is 0 Å². The van der Waals surface area contributed by atoms with E-state index in [2.05, 4.69) is 38.5 Å².